The molecule has 0 bridgehead atoms. The number of likely N-dealkylation sites (N-methyl/N-ethyl adjacent to an activating group) is 1. The molecule has 0 aromatic heterocycles. The number of hydrogen-bond donors (Lipinski definition) is 2. The topological polar surface area (TPSA) is 35.5 Å². The normalized spacial score (nSPS) is 14.2. The van der Waals surface area contributed by atoms with Crippen LogP contribution in [0.15, 0.2) is 24.3 Å². The number of aliphatic hydroxyl groups excluding tert-OH is 1. The SMILES string of the molecule is CCNC(C)(CO)CCN(C)c1ccc(CC)cc1. The summed E-state index contributed by atoms with van der Waals surface area (Å²) in [5.41, 5.74) is 2.41. The van der Waals surface area contributed by atoms with E-state index in [0.29, 0.717) is 0 Å². The molecule has 19 heavy (non-hydrogen) atoms. The molecule has 0 amide bonds. The standard InChI is InChI=1S/C16H28N2O/c1-5-14-7-9-15(10-8-14)18(4)12-11-16(3,13-19)17-6-2/h7-10,17,19H,5-6,11-13H2,1-4H3. The average Bonchev–Trinajstić information content (AvgIpc) is 2.45. The maximum Gasteiger partial charge on any atom is 0.0611 e. The summed E-state index contributed by atoms with van der Waals surface area (Å²) < 4.78 is 0. The van der Waals surface area contributed by atoms with E-state index in [1.165, 1.54) is 11.3 Å². The van der Waals surface area contributed by atoms with Gasteiger partial charge in [0.2, 0.25) is 0 Å². The van der Waals surface area contributed by atoms with E-state index in [0.717, 1.165) is 25.9 Å². The highest BCUT2D eigenvalue weighted by atomic mass is 16.3. The summed E-state index contributed by atoms with van der Waals surface area (Å²) in [6.45, 7) is 8.29. The first-order valence-corrected chi connectivity index (χ1v) is 7.20. The van der Waals surface area contributed by atoms with Gasteiger partial charge in [-0.1, -0.05) is 26.0 Å². The van der Waals surface area contributed by atoms with Crippen LogP contribution in [0.5, 0.6) is 0 Å². The van der Waals surface area contributed by atoms with Gasteiger partial charge in [0.05, 0.1) is 6.61 Å². The molecule has 0 heterocycles. The molecule has 0 saturated heterocycles. The van der Waals surface area contributed by atoms with E-state index in [9.17, 15) is 5.11 Å². The Labute approximate surface area is 117 Å². The predicted octanol–water partition coefficient (Wildman–Crippen LogP) is 2.44. The summed E-state index contributed by atoms with van der Waals surface area (Å²) in [6, 6.07) is 8.70. The van der Waals surface area contributed by atoms with Crippen LogP contribution in [0.2, 0.25) is 0 Å². The lowest BCUT2D eigenvalue weighted by Crippen LogP contribution is -2.47. The summed E-state index contributed by atoms with van der Waals surface area (Å²) in [5, 5.41) is 12.8. The average molecular weight is 264 g/mol. The Morgan fingerprint density at radius 2 is 1.84 bits per heavy atom. The molecule has 3 heteroatoms. The zero-order valence-electron chi connectivity index (χ0n) is 12.7. The van der Waals surface area contributed by atoms with Crippen molar-refractivity contribution in [1.29, 1.82) is 0 Å². The van der Waals surface area contributed by atoms with Gasteiger partial charge in [0.25, 0.3) is 0 Å². The maximum atomic E-state index is 9.49. The highest BCUT2D eigenvalue weighted by Gasteiger charge is 2.22. The molecule has 0 aliphatic carbocycles. The van der Waals surface area contributed by atoms with Crippen molar-refractivity contribution in [3.8, 4) is 0 Å². The number of rotatable bonds is 8. The van der Waals surface area contributed by atoms with Crippen LogP contribution in [-0.4, -0.2) is 37.4 Å². The molecule has 1 atom stereocenters. The Balaban J connectivity index is 2.56. The lowest BCUT2D eigenvalue weighted by Gasteiger charge is -2.31. The molecular weight excluding hydrogens is 236 g/mol. The molecule has 3 nitrogen and oxygen atoms in total. The fraction of sp³-hybridized carbons (Fsp3) is 0.625. The molecule has 0 aliphatic heterocycles. The number of hydrogen-bond acceptors (Lipinski definition) is 3. The quantitative estimate of drug-likeness (QED) is 0.757. The number of nitrogens with zero attached hydrogens (tertiary/aromatic N) is 1. The fourth-order valence-corrected chi connectivity index (χ4v) is 2.18. The summed E-state index contributed by atoms with van der Waals surface area (Å²) in [5.74, 6) is 0. The lowest BCUT2D eigenvalue weighted by molar-refractivity contribution is 0.169. The van der Waals surface area contributed by atoms with Crippen LogP contribution in [-0.2, 0) is 6.42 Å². The monoisotopic (exact) mass is 264 g/mol. The first kappa shape index (κ1) is 16.0. The van der Waals surface area contributed by atoms with Gasteiger partial charge >= 0.3 is 0 Å². The fourth-order valence-electron chi connectivity index (χ4n) is 2.18. The zero-order valence-corrected chi connectivity index (χ0v) is 12.7. The minimum atomic E-state index is -0.188. The summed E-state index contributed by atoms with van der Waals surface area (Å²) >= 11 is 0. The van der Waals surface area contributed by atoms with Crippen molar-refractivity contribution in [2.45, 2.75) is 39.2 Å². The highest BCUT2D eigenvalue weighted by molar-refractivity contribution is 5.46. The van der Waals surface area contributed by atoms with Gasteiger partial charge < -0.3 is 15.3 Å². The van der Waals surface area contributed by atoms with Crippen LogP contribution >= 0.6 is 0 Å². The summed E-state index contributed by atoms with van der Waals surface area (Å²) in [4.78, 5) is 2.24. The molecule has 1 unspecified atom stereocenters. The van der Waals surface area contributed by atoms with Crippen molar-refractivity contribution in [2.75, 3.05) is 31.6 Å². The smallest absolute Gasteiger partial charge is 0.0611 e. The van der Waals surface area contributed by atoms with Crippen LogP contribution in [0.1, 0.15) is 32.8 Å². The minimum Gasteiger partial charge on any atom is -0.394 e. The van der Waals surface area contributed by atoms with Gasteiger partial charge in [-0.2, -0.15) is 0 Å². The predicted molar refractivity (Wildman–Crippen MR) is 82.9 cm³/mol. The van der Waals surface area contributed by atoms with E-state index >= 15 is 0 Å². The minimum absolute atomic E-state index is 0.170. The van der Waals surface area contributed by atoms with Gasteiger partial charge in [-0.25, -0.2) is 0 Å². The summed E-state index contributed by atoms with van der Waals surface area (Å²) in [7, 11) is 2.10. The second-order valence-corrected chi connectivity index (χ2v) is 5.44. The van der Waals surface area contributed by atoms with Crippen LogP contribution in [0.3, 0.4) is 0 Å². The maximum absolute atomic E-state index is 9.49. The van der Waals surface area contributed by atoms with Crippen LogP contribution < -0.4 is 10.2 Å². The van der Waals surface area contributed by atoms with Gasteiger partial charge in [0.1, 0.15) is 0 Å². The largest absolute Gasteiger partial charge is 0.394 e. The van der Waals surface area contributed by atoms with Crippen molar-refractivity contribution in [3.05, 3.63) is 29.8 Å². The number of aryl methyl sites for hydroxylation is 1. The molecule has 0 aliphatic rings. The van der Waals surface area contributed by atoms with Gasteiger partial charge in [-0.15, -0.1) is 0 Å². The zero-order chi connectivity index (χ0) is 14.3. The Hall–Kier alpha value is -1.06. The number of anilines is 1. The van der Waals surface area contributed by atoms with E-state index < -0.39 is 0 Å². The van der Waals surface area contributed by atoms with Gasteiger partial charge in [0, 0.05) is 24.8 Å². The molecule has 0 spiro atoms. The van der Waals surface area contributed by atoms with Crippen molar-refractivity contribution >= 4 is 5.69 Å². The Morgan fingerprint density at radius 3 is 2.32 bits per heavy atom. The van der Waals surface area contributed by atoms with Crippen molar-refractivity contribution in [1.82, 2.24) is 5.32 Å². The van der Waals surface area contributed by atoms with E-state index in [1.807, 2.05) is 0 Å². The molecular formula is C16H28N2O. The third-order valence-corrected chi connectivity index (χ3v) is 3.74. The first-order valence-electron chi connectivity index (χ1n) is 7.20. The lowest BCUT2D eigenvalue weighted by atomic mass is 9.98. The van der Waals surface area contributed by atoms with Gasteiger partial charge in [0.15, 0.2) is 0 Å². The molecule has 0 radical (unpaired) electrons. The van der Waals surface area contributed by atoms with E-state index in [2.05, 4.69) is 62.3 Å². The van der Waals surface area contributed by atoms with Crippen LogP contribution in [0.25, 0.3) is 0 Å². The molecule has 1 aromatic carbocycles. The number of aliphatic hydroxyl groups is 1. The van der Waals surface area contributed by atoms with Crippen molar-refractivity contribution in [3.63, 3.8) is 0 Å². The third kappa shape index (κ3) is 4.84. The third-order valence-electron chi connectivity index (χ3n) is 3.74. The second kappa shape index (κ2) is 7.51. The highest BCUT2D eigenvalue weighted by Crippen LogP contribution is 2.17. The Kier molecular flexibility index (Phi) is 6.32. The molecule has 0 saturated carbocycles. The van der Waals surface area contributed by atoms with Gasteiger partial charge in [-0.3, -0.25) is 0 Å². The second-order valence-electron chi connectivity index (χ2n) is 5.44. The molecule has 1 aromatic rings. The number of benzene rings is 1. The molecule has 1 rings (SSSR count). The first-order chi connectivity index (χ1) is 9.04. The molecule has 2 N–H and O–H groups in total. The Morgan fingerprint density at radius 1 is 1.21 bits per heavy atom. The van der Waals surface area contributed by atoms with Gasteiger partial charge in [-0.05, 0) is 44.0 Å². The van der Waals surface area contributed by atoms with E-state index in [1.54, 1.807) is 0 Å². The summed E-state index contributed by atoms with van der Waals surface area (Å²) in [6.07, 6.45) is 2.00. The van der Waals surface area contributed by atoms with Crippen molar-refractivity contribution in [2.24, 2.45) is 0 Å². The van der Waals surface area contributed by atoms with Crippen LogP contribution in [0.4, 0.5) is 5.69 Å². The van der Waals surface area contributed by atoms with Crippen LogP contribution in [0, 0.1) is 0 Å². The molecule has 108 valence electrons. The number of nitrogens with one attached hydrogen (secondary N) is 1. The molecule has 0 fully saturated rings. The van der Waals surface area contributed by atoms with E-state index in [4.69, 9.17) is 0 Å². The van der Waals surface area contributed by atoms with E-state index in [-0.39, 0.29) is 12.1 Å². The Bertz CT molecular complexity index is 364. The van der Waals surface area contributed by atoms with Crippen molar-refractivity contribution < 1.29 is 5.11 Å².